The molecule has 1 unspecified atom stereocenters. The van der Waals surface area contributed by atoms with Crippen LogP contribution in [-0.4, -0.2) is 69.2 Å². The fourth-order valence-corrected chi connectivity index (χ4v) is 4.74. The van der Waals surface area contributed by atoms with Crippen LogP contribution >= 0.6 is 11.6 Å². The highest BCUT2D eigenvalue weighted by molar-refractivity contribution is 6.30. The van der Waals surface area contributed by atoms with Crippen molar-refractivity contribution >= 4 is 46.7 Å². The molecule has 1 saturated heterocycles. The molecule has 2 atom stereocenters. The van der Waals surface area contributed by atoms with Crippen LogP contribution in [0, 0.1) is 27.7 Å². The monoisotopic (exact) mass is 560 g/mol. The number of nitrogens with zero attached hydrogens (tertiary/aromatic N) is 2. The molecule has 2 aromatic rings. The fourth-order valence-electron chi connectivity index (χ4n) is 4.61. The van der Waals surface area contributed by atoms with Crippen molar-refractivity contribution in [2.75, 3.05) is 43.1 Å². The average molecular weight is 561 g/mol. The number of hydrogen-bond acceptors (Lipinski definition) is 7. The van der Waals surface area contributed by atoms with Crippen LogP contribution in [-0.2, 0) is 33.4 Å². The lowest BCUT2D eigenvalue weighted by atomic mass is 10.0. The summed E-state index contributed by atoms with van der Waals surface area (Å²) in [5.74, 6) is -1.53. The highest BCUT2D eigenvalue weighted by atomic mass is 35.5. The third-order valence-corrected chi connectivity index (χ3v) is 6.66. The summed E-state index contributed by atoms with van der Waals surface area (Å²) in [5.41, 5.74) is 5.22. The first kappa shape index (κ1) is 31.8. The zero-order chi connectivity index (χ0) is 29.3. The molecule has 0 bridgehead atoms. The number of methoxy groups -OCH3 is 2. The number of para-hydroxylation sites is 2. The minimum atomic E-state index is -0.706. The number of anilines is 2. The van der Waals surface area contributed by atoms with Crippen molar-refractivity contribution in [1.29, 1.82) is 0 Å². The number of aryl methyl sites for hydroxylation is 4. The van der Waals surface area contributed by atoms with Crippen LogP contribution in [0.4, 0.5) is 11.4 Å². The Balaban J connectivity index is 0.000000274. The van der Waals surface area contributed by atoms with Crippen LogP contribution < -0.4 is 9.80 Å². The summed E-state index contributed by atoms with van der Waals surface area (Å²) in [7, 11) is 2.76. The van der Waals surface area contributed by atoms with Crippen molar-refractivity contribution in [2.45, 2.75) is 53.1 Å². The minimum Gasteiger partial charge on any atom is -0.467 e. The maximum atomic E-state index is 12.3. The first-order valence-electron chi connectivity index (χ1n) is 12.6. The molecular weight excluding hydrogens is 524 g/mol. The quantitative estimate of drug-likeness (QED) is 0.355. The number of carbonyl (C=O) groups is 4. The standard InChI is InChI=1S/C15H21NO4.C14H16ClNO3/c1-10-7-6-8-11(2)14(10)16(13(17)9-19-4)12(3)15(18)20-5;1-9-4-3-5-10(2)13(9)16(12(17)8-15)11-6-7-19-14(11)18/h6-8,12H,9H2,1-5H3;3-5,11H,6-8H2,1-2H3/t12-;/m1./s1. The summed E-state index contributed by atoms with van der Waals surface area (Å²) in [6.45, 7) is 9.54. The van der Waals surface area contributed by atoms with Crippen molar-refractivity contribution < 1.29 is 33.4 Å². The van der Waals surface area contributed by atoms with E-state index in [1.165, 1.54) is 24.0 Å². The summed E-state index contributed by atoms with van der Waals surface area (Å²) in [5, 5.41) is 0. The number of ether oxygens (including phenoxy) is 3. The zero-order valence-electron chi connectivity index (χ0n) is 23.6. The van der Waals surface area contributed by atoms with Gasteiger partial charge in [0.2, 0.25) is 5.91 Å². The number of rotatable bonds is 8. The van der Waals surface area contributed by atoms with Crippen molar-refractivity contribution in [1.82, 2.24) is 0 Å². The summed E-state index contributed by atoms with van der Waals surface area (Å²) >= 11 is 5.68. The van der Waals surface area contributed by atoms with Crippen molar-refractivity contribution in [2.24, 2.45) is 0 Å². The largest absolute Gasteiger partial charge is 0.467 e. The van der Waals surface area contributed by atoms with E-state index in [4.69, 9.17) is 25.8 Å². The van der Waals surface area contributed by atoms with E-state index in [2.05, 4.69) is 0 Å². The Bertz CT molecular complexity index is 1160. The average Bonchev–Trinajstić information content (AvgIpc) is 3.32. The van der Waals surface area contributed by atoms with Crippen LogP contribution in [0.3, 0.4) is 0 Å². The second kappa shape index (κ2) is 14.6. The molecule has 2 amide bonds. The summed E-state index contributed by atoms with van der Waals surface area (Å²) in [4.78, 5) is 51.0. The molecule has 1 fully saturated rings. The molecule has 10 heteroatoms. The molecular formula is C29H37ClN2O7. The first-order chi connectivity index (χ1) is 18.5. The van der Waals surface area contributed by atoms with Gasteiger partial charge in [-0.25, -0.2) is 9.59 Å². The van der Waals surface area contributed by atoms with Crippen LogP contribution in [0.1, 0.15) is 35.6 Å². The Kier molecular flexibility index (Phi) is 11.9. The molecule has 9 nitrogen and oxygen atoms in total. The number of benzene rings is 2. The molecule has 0 spiro atoms. The van der Waals surface area contributed by atoms with E-state index >= 15 is 0 Å². The van der Waals surface area contributed by atoms with E-state index in [1.807, 2.05) is 64.1 Å². The molecule has 1 heterocycles. The van der Waals surface area contributed by atoms with Gasteiger partial charge in [-0.1, -0.05) is 36.4 Å². The second-order valence-electron chi connectivity index (χ2n) is 9.25. The number of hydrogen-bond donors (Lipinski definition) is 0. The molecule has 2 aromatic carbocycles. The molecule has 1 aliphatic rings. The lowest BCUT2D eigenvalue weighted by Gasteiger charge is -2.30. The number of halogens is 1. The van der Waals surface area contributed by atoms with E-state index in [1.54, 1.807) is 6.92 Å². The van der Waals surface area contributed by atoms with Crippen LogP contribution in [0.5, 0.6) is 0 Å². The van der Waals surface area contributed by atoms with Gasteiger partial charge in [-0.15, -0.1) is 11.6 Å². The molecule has 0 aromatic heterocycles. The molecule has 212 valence electrons. The van der Waals surface area contributed by atoms with E-state index in [9.17, 15) is 19.2 Å². The lowest BCUT2D eigenvalue weighted by Crippen LogP contribution is -2.46. The van der Waals surface area contributed by atoms with Gasteiger partial charge in [-0.2, -0.15) is 0 Å². The van der Waals surface area contributed by atoms with Crippen LogP contribution in [0.2, 0.25) is 0 Å². The molecule has 0 saturated carbocycles. The highest BCUT2D eigenvalue weighted by Gasteiger charge is 2.37. The van der Waals surface area contributed by atoms with Gasteiger partial charge in [0.25, 0.3) is 5.91 Å². The Labute approximate surface area is 235 Å². The summed E-state index contributed by atoms with van der Waals surface area (Å²) < 4.78 is 14.6. The zero-order valence-corrected chi connectivity index (χ0v) is 24.3. The van der Waals surface area contributed by atoms with Crippen LogP contribution in [0.25, 0.3) is 0 Å². The molecule has 0 radical (unpaired) electrons. The van der Waals surface area contributed by atoms with Gasteiger partial charge >= 0.3 is 11.9 Å². The van der Waals surface area contributed by atoms with E-state index in [-0.39, 0.29) is 30.3 Å². The predicted octanol–water partition coefficient (Wildman–Crippen LogP) is 4.04. The van der Waals surface area contributed by atoms with Crippen LogP contribution in [0.15, 0.2) is 36.4 Å². The number of cyclic esters (lactones) is 1. The summed E-state index contributed by atoms with van der Waals surface area (Å²) in [6, 6.07) is 10.2. The van der Waals surface area contributed by atoms with Gasteiger partial charge in [0.1, 0.15) is 24.6 Å². The molecule has 0 N–H and O–H groups in total. The third-order valence-electron chi connectivity index (χ3n) is 6.43. The lowest BCUT2D eigenvalue weighted by molar-refractivity contribution is -0.143. The Morgan fingerprint density at radius 3 is 1.87 bits per heavy atom. The maximum Gasteiger partial charge on any atom is 0.329 e. The topological polar surface area (TPSA) is 102 Å². The first-order valence-corrected chi connectivity index (χ1v) is 13.1. The second-order valence-corrected chi connectivity index (χ2v) is 9.51. The van der Waals surface area contributed by atoms with E-state index < -0.39 is 18.1 Å². The van der Waals surface area contributed by atoms with Gasteiger partial charge in [-0.3, -0.25) is 19.4 Å². The van der Waals surface area contributed by atoms with Gasteiger partial charge in [0.15, 0.2) is 0 Å². The normalized spacial score (nSPS) is 15.0. The number of amides is 2. The fraction of sp³-hybridized carbons (Fsp3) is 0.448. The van der Waals surface area contributed by atoms with Gasteiger partial charge < -0.3 is 14.2 Å². The van der Waals surface area contributed by atoms with Gasteiger partial charge in [0, 0.05) is 13.5 Å². The third kappa shape index (κ3) is 7.58. The maximum absolute atomic E-state index is 12.3. The SMILES string of the molecule is COCC(=O)N(c1c(C)cccc1C)[C@H](C)C(=O)OC.Cc1cccc(C)c1N(C(=O)CCl)C1CCOC1=O. The number of esters is 2. The summed E-state index contributed by atoms with van der Waals surface area (Å²) in [6.07, 6.45) is 0.509. The Morgan fingerprint density at radius 2 is 1.46 bits per heavy atom. The van der Waals surface area contributed by atoms with Crippen molar-refractivity contribution in [3.8, 4) is 0 Å². The van der Waals surface area contributed by atoms with Gasteiger partial charge in [0.05, 0.1) is 25.1 Å². The molecule has 3 rings (SSSR count). The molecule has 39 heavy (non-hydrogen) atoms. The molecule has 1 aliphatic heterocycles. The highest BCUT2D eigenvalue weighted by Crippen LogP contribution is 2.30. The van der Waals surface area contributed by atoms with Gasteiger partial charge in [-0.05, 0) is 56.9 Å². The molecule has 0 aliphatic carbocycles. The predicted molar refractivity (Wildman–Crippen MR) is 150 cm³/mol. The van der Waals surface area contributed by atoms with Crippen molar-refractivity contribution in [3.05, 3.63) is 58.7 Å². The minimum absolute atomic E-state index is 0.0882. The number of alkyl halides is 1. The Morgan fingerprint density at radius 1 is 0.949 bits per heavy atom. The van der Waals surface area contributed by atoms with E-state index in [0.717, 1.165) is 33.6 Å². The smallest absolute Gasteiger partial charge is 0.329 e. The van der Waals surface area contributed by atoms with E-state index in [0.29, 0.717) is 13.0 Å². The Hall–Kier alpha value is -3.43. The van der Waals surface area contributed by atoms with Crippen molar-refractivity contribution in [3.63, 3.8) is 0 Å². The number of carbonyl (C=O) groups excluding carboxylic acids is 4.